The summed E-state index contributed by atoms with van der Waals surface area (Å²) < 4.78 is 1.98. The van der Waals surface area contributed by atoms with Crippen LogP contribution in [0.4, 0.5) is 0 Å². The van der Waals surface area contributed by atoms with E-state index in [1.165, 1.54) is 0 Å². The highest BCUT2D eigenvalue weighted by molar-refractivity contribution is 5.95. The molecule has 0 spiro atoms. The van der Waals surface area contributed by atoms with Gasteiger partial charge in [-0.25, -0.2) is 0 Å². The number of carbonyl (C=O) groups excluding carboxylic acids is 1. The predicted molar refractivity (Wildman–Crippen MR) is 87.2 cm³/mol. The monoisotopic (exact) mass is 314 g/mol. The molecule has 2 heterocycles. The summed E-state index contributed by atoms with van der Waals surface area (Å²) in [5.41, 5.74) is 1.70. The lowest BCUT2D eigenvalue weighted by molar-refractivity contribution is 0.0707. The molecule has 1 unspecified atom stereocenters. The number of halogens is 1. The van der Waals surface area contributed by atoms with Gasteiger partial charge in [0.05, 0.1) is 23.0 Å². The summed E-state index contributed by atoms with van der Waals surface area (Å²) in [6.45, 7) is 12.9. The predicted octanol–water partition coefficient (Wildman–Crippen LogP) is 2.06. The van der Waals surface area contributed by atoms with Gasteiger partial charge in [0.2, 0.25) is 0 Å². The van der Waals surface area contributed by atoms with Gasteiger partial charge >= 0.3 is 0 Å². The first kappa shape index (κ1) is 18.0. The van der Waals surface area contributed by atoms with Gasteiger partial charge in [0, 0.05) is 25.7 Å². The summed E-state index contributed by atoms with van der Waals surface area (Å²) in [4.78, 5) is 14.6. The Morgan fingerprint density at radius 1 is 1.48 bits per heavy atom. The SMILES string of the molecule is CCc1c(C(=O)N2CCNC(C)C2)cnn1C(C)(C)C.Cl. The average Bonchev–Trinajstić information content (AvgIpc) is 2.81. The smallest absolute Gasteiger partial charge is 0.257 e. The van der Waals surface area contributed by atoms with Crippen LogP contribution in [0.15, 0.2) is 6.20 Å². The highest BCUT2D eigenvalue weighted by Crippen LogP contribution is 2.21. The van der Waals surface area contributed by atoms with Crippen LogP contribution in [0.25, 0.3) is 0 Å². The first-order valence-corrected chi connectivity index (χ1v) is 7.44. The van der Waals surface area contributed by atoms with Crippen LogP contribution in [-0.2, 0) is 12.0 Å². The fraction of sp³-hybridized carbons (Fsp3) is 0.733. The van der Waals surface area contributed by atoms with E-state index in [4.69, 9.17) is 0 Å². The van der Waals surface area contributed by atoms with Crippen molar-refractivity contribution in [3.8, 4) is 0 Å². The van der Waals surface area contributed by atoms with Crippen molar-refractivity contribution in [3.05, 3.63) is 17.5 Å². The van der Waals surface area contributed by atoms with Crippen molar-refractivity contribution in [2.24, 2.45) is 0 Å². The number of carbonyl (C=O) groups is 1. The van der Waals surface area contributed by atoms with Gasteiger partial charge in [-0.3, -0.25) is 9.48 Å². The van der Waals surface area contributed by atoms with E-state index in [2.05, 4.69) is 45.0 Å². The normalized spacial score (nSPS) is 19.3. The van der Waals surface area contributed by atoms with Crippen molar-refractivity contribution in [3.63, 3.8) is 0 Å². The fourth-order valence-corrected chi connectivity index (χ4v) is 2.76. The third-order valence-corrected chi connectivity index (χ3v) is 3.73. The quantitative estimate of drug-likeness (QED) is 0.909. The van der Waals surface area contributed by atoms with Crippen LogP contribution in [0.3, 0.4) is 0 Å². The van der Waals surface area contributed by atoms with Gasteiger partial charge in [0.1, 0.15) is 0 Å². The van der Waals surface area contributed by atoms with Crippen LogP contribution in [0.2, 0.25) is 0 Å². The van der Waals surface area contributed by atoms with Crippen molar-refractivity contribution in [1.29, 1.82) is 0 Å². The summed E-state index contributed by atoms with van der Waals surface area (Å²) in [5, 5.41) is 7.81. The lowest BCUT2D eigenvalue weighted by atomic mass is 10.1. The molecule has 1 fully saturated rings. The summed E-state index contributed by atoms with van der Waals surface area (Å²) in [6.07, 6.45) is 2.55. The molecule has 1 N–H and O–H groups in total. The maximum absolute atomic E-state index is 12.7. The van der Waals surface area contributed by atoms with Gasteiger partial charge in [-0.2, -0.15) is 5.10 Å². The lowest BCUT2D eigenvalue weighted by Crippen LogP contribution is -2.51. The number of nitrogens with one attached hydrogen (secondary N) is 1. The number of amides is 1. The van der Waals surface area contributed by atoms with E-state index in [-0.39, 0.29) is 23.9 Å². The zero-order chi connectivity index (χ0) is 14.9. The maximum atomic E-state index is 12.7. The largest absolute Gasteiger partial charge is 0.336 e. The second-order valence-electron chi connectivity index (χ2n) is 6.55. The van der Waals surface area contributed by atoms with Gasteiger partial charge in [-0.15, -0.1) is 12.4 Å². The van der Waals surface area contributed by atoms with Crippen LogP contribution in [0, 0.1) is 0 Å². The van der Waals surface area contributed by atoms with Crippen molar-refractivity contribution >= 4 is 18.3 Å². The molecule has 1 amide bonds. The number of rotatable bonds is 2. The Balaban J connectivity index is 0.00000220. The first-order valence-electron chi connectivity index (χ1n) is 7.44. The highest BCUT2D eigenvalue weighted by atomic mass is 35.5. The van der Waals surface area contributed by atoms with E-state index >= 15 is 0 Å². The molecule has 5 nitrogen and oxygen atoms in total. The first-order chi connectivity index (χ1) is 9.34. The lowest BCUT2D eigenvalue weighted by Gasteiger charge is -2.32. The summed E-state index contributed by atoms with van der Waals surface area (Å²) in [5.74, 6) is 0.116. The Hall–Kier alpha value is -1.07. The molecule has 1 aromatic rings. The minimum Gasteiger partial charge on any atom is -0.336 e. The second-order valence-corrected chi connectivity index (χ2v) is 6.55. The Morgan fingerprint density at radius 2 is 2.14 bits per heavy atom. The molecule has 0 aliphatic carbocycles. The molecule has 1 aliphatic rings. The molecule has 0 radical (unpaired) electrons. The van der Waals surface area contributed by atoms with Gasteiger partial charge in [-0.1, -0.05) is 6.92 Å². The molecule has 0 saturated carbocycles. The third-order valence-electron chi connectivity index (χ3n) is 3.73. The van der Waals surface area contributed by atoms with Crippen molar-refractivity contribution < 1.29 is 4.79 Å². The van der Waals surface area contributed by atoms with Crippen molar-refractivity contribution in [2.75, 3.05) is 19.6 Å². The number of aromatic nitrogens is 2. The van der Waals surface area contributed by atoms with Gasteiger partial charge in [0.25, 0.3) is 5.91 Å². The molecular weight excluding hydrogens is 288 g/mol. The summed E-state index contributed by atoms with van der Waals surface area (Å²) in [7, 11) is 0. The Labute approximate surface area is 133 Å². The molecular formula is C15H27ClN4O. The van der Waals surface area contributed by atoms with E-state index in [0.717, 1.165) is 37.3 Å². The summed E-state index contributed by atoms with van der Waals surface area (Å²) >= 11 is 0. The standard InChI is InChI=1S/C15H26N4O.ClH/c1-6-13-12(9-17-19(13)15(3,4)5)14(20)18-8-7-16-11(2)10-18;/h9,11,16H,6-8,10H2,1-5H3;1H. The maximum Gasteiger partial charge on any atom is 0.257 e. The Kier molecular flexibility index (Phi) is 5.82. The van der Waals surface area contributed by atoms with Crippen molar-refractivity contribution in [1.82, 2.24) is 20.0 Å². The van der Waals surface area contributed by atoms with Gasteiger partial charge in [-0.05, 0) is 34.1 Å². The minimum atomic E-state index is -0.0966. The molecule has 1 aliphatic heterocycles. The van der Waals surface area contributed by atoms with Crippen LogP contribution >= 0.6 is 12.4 Å². The van der Waals surface area contributed by atoms with Gasteiger partial charge < -0.3 is 10.2 Å². The fourth-order valence-electron chi connectivity index (χ4n) is 2.76. The van der Waals surface area contributed by atoms with E-state index in [9.17, 15) is 4.79 Å². The summed E-state index contributed by atoms with van der Waals surface area (Å²) in [6, 6.07) is 0.357. The molecule has 0 aromatic carbocycles. The highest BCUT2D eigenvalue weighted by Gasteiger charge is 2.27. The van der Waals surface area contributed by atoms with Gasteiger partial charge in [0.15, 0.2) is 0 Å². The van der Waals surface area contributed by atoms with E-state index in [0.29, 0.717) is 6.04 Å². The zero-order valence-electron chi connectivity index (χ0n) is 13.6. The van der Waals surface area contributed by atoms with Crippen LogP contribution in [-0.4, -0.2) is 46.3 Å². The van der Waals surface area contributed by atoms with Crippen LogP contribution in [0.1, 0.15) is 50.7 Å². The van der Waals surface area contributed by atoms with E-state index in [1.807, 2.05) is 9.58 Å². The number of piperazine rings is 1. The Bertz CT molecular complexity index is 492. The third kappa shape index (κ3) is 3.77. The molecule has 1 atom stereocenters. The molecule has 120 valence electrons. The molecule has 2 rings (SSSR count). The Morgan fingerprint density at radius 3 is 2.67 bits per heavy atom. The molecule has 1 saturated heterocycles. The van der Waals surface area contributed by atoms with Crippen LogP contribution in [0.5, 0.6) is 0 Å². The number of nitrogens with zero attached hydrogens (tertiary/aromatic N) is 3. The molecule has 6 heteroatoms. The molecule has 1 aromatic heterocycles. The second kappa shape index (κ2) is 6.79. The molecule has 21 heavy (non-hydrogen) atoms. The minimum absolute atomic E-state index is 0. The number of hydrogen-bond acceptors (Lipinski definition) is 3. The van der Waals surface area contributed by atoms with E-state index in [1.54, 1.807) is 6.20 Å². The zero-order valence-corrected chi connectivity index (χ0v) is 14.5. The number of hydrogen-bond donors (Lipinski definition) is 1. The average molecular weight is 315 g/mol. The topological polar surface area (TPSA) is 50.2 Å². The molecule has 0 bridgehead atoms. The van der Waals surface area contributed by atoms with Crippen LogP contribution < -0.4 is 5.32 Å². The van der Waals surface area contributed by atoms with Crippen molar-refractivity contribution in [2.45, 2.75) is 52.6 Å². The van der Waals surface area contributed by atoms with E-state index < -0.39 is 0 Å².